The van der Waals surface area contributed by atoms with E-state index in [4.69, 9.17) is 17.3 Å². The summed E-state index contributed by atoms with van der Waals surface area (Å²) in [5.41, 5.74) is 7.26. The third-order valence-electron chi connectivity index (χ3n) is 2.89. The number of nitrogen functional groups attached to an aromatic ring is 1. The summed E-state index contributed by atoms with van der Waals surface area (Å²) in [5, 5.41) is 6.94. The Morgan fingerprint density at radius 3 is 2.85 bits per heavy atom. The van der Waals surface area contributed by atoms with Gasteiger partial charge in [-0.05, 0) is 24.6 Å². The molecule has 0 aliphatic carbocycles. The van der Waals surface area contributed by atoms with Gasteiger partial charge in [0.05, 0.1) is 22.1 Å². The van der Waals surface area contributed by atoms with Gasteiger partial charge in [-0.1, -0.05) is 18.5 Å². The number of carbonyl (C=O) groups excluding carboxylic acids is 1. The molecule has 0 radical (unpaired) electrons. The average molecular weight is 297 g/mol. The second kappa shape index (κ2) is 5.50. The second-order valence-corrected chi connectivity index (χ2v) is 4.67. The molecule has 7 heteroatoms. The van der Waals surface area contributed by atoms with Gasteiger partial charge in [-0.2, -0.15) is 5.10 Å². The van der Waals surface area contributed by atoms with Gasteiger partial charge in [0.2, 0.25) is 0 Å². The fraction of sp³-hybridized carbons (Fsp3) is 0.231. The van der Waals surface area contributed by atoms with Crippen LogP contribution in [0.25, 0.3) is 0 Å². The summed E-state index contributed by atoms with van der Waals surface area (Å²) in [6, 6.07) is 3.73. The molecule has 0 spiro atoms. The lowest BCUT2D eigenvalue weighted by Crippen LogP contribution is -2.18. The molecule has 2 rings (SSSR count). The maximum atomic E-state index is 13.2. The Morgan fingerprint density at radius 1 is 1.55 bits per heavy atom. The van der Waals surface area contributed by atoms with Gasteiger partial charge >= 0.3 is 0 Å². The van der Waals surface area contributed by atoms with Crippen molar-refractivity contribution in [2.45, 2.75) is 13.3 Å². The van der Waals surface area contributed by atoms with E-state index in [0.29, 0.717) is 17.8 Å². The maximum absolute atomic E-state index is 13.2. The highest BCUT2D eigenvalue weighted by Crippen LogP contribution is 2.24. The largest absolute Gasteiger partial charge is 0.395 e. The van der Waals surface area contributed by atoms with Gasteiger partial charge < -0.3 is 11.1 Å². The minimum atomic E-state index is -0.489. The molecule has 0 atom stereocenters. The number of hydrogen-bond acceptors (Lipinski definition) is 3. The van der Waals surface area contributed by atoms with Crippen LogP contribution >= 0.6 is 11.6 Å². The van der Waals surface area contributed by atoms with Crippen LogP contribution in [-0.4, -0.2) is 15.7 Å². The molecule has 2 aromatic rings. The summed E-state index contributed by atoms with van der Waals surface area (Å²) < 4.78 is 14.6. The topological polar surface area (TPSA) is 72.9 Å². The molecule has 0 aliphatic heterocycles. The molecule has 0 saturated carbocycles. The van der Waals surface area contributed by atoms with Crippen LogP contribution in [0.1, 0.15) is 23.1 Å². The number of rotatable bonds is 3. The fourth-order valence-corrected chi connectivity index (χ4v) is 2.07. The molecule has 0 aliphatic rings. The Morgan fingerprint density at radius 2 is 2.25 bits per heavy atom. The number of benzene rings is 1. The van der Waals surface area contributed by atoms with Crippen LogP contribution in [0, 0.1) is 5.82 Å². The molecular weight excluding hydrogens is 283 g/mol. The zero-order valence-corrected chi connectivity index (χ0v) is 11.8. The molecule has 1 heterocycles. The van der Waals surface area contributed by atoms with Crippen molar-refractivity contribution < 1.29 is 9.18 Å². The number of carbonyl (C=O) groups is 1. The van der Waals surface area contributed by atoms with E-state index in [0.717, 1.165) is 6.07 Å². The molecule has 3 N–H and O–H groups in total. The normalized spacial score (nSPS) is 10.6. The summed E-state index contributed by atoms with van der Waals surface area (Å²) in [4.78, 5) is 12.2. The van der Waals surface area contributed by atoms with E-state index in [-0.39, 0.29) is 16.4 Å². The van der Waals surface area contributed by atoms with E-state index in [1.54, 1.807) is 7.05 Å². The van der Waals surface area contributed by atoms with Crippen molar-refractivity contribution in [3.63, 3.8) is 0 Å². The third kappa shape index (κ3) is 2.60. The van der Waals surface area contributed by atoms with Gasteiger partial charge in [0.25, 0.3) is 5.91 Å². The van der Waals surface area contributed by atoms with Crippen LogP contribution in [0.2, 0.25) is 5.02 Å². The van der Waals surface area contributed by atoms with Crippen molar-refractivity contribution in [2.75, 3.05) is 11.1 Å². The fourth-order valence-electron chi connectivity index (χ4n) is 1.90. The van der Waals surface area contributed by atoms with E-state index in [9.17, 15) is 9.18 Å². The maximum Gasteiger partial charge on any atom is 0.276 e. The lowest BCUT2D eigenvalue weighted by molar-refractivity contribution is 0.101. The number of aryl methyl sites for hydroxylation is 2. The number of nitrogens with zero attached hydrogens (tertiary/aromatic N) is 2. The standard InChI is InChI=1S/C13H14ClFN4O/c1-3-9-11(16)12(19(2)18-9)13(20)17-10-6-7(15)4-5-8(10)14/h4-6H,3,16H2,1-2H3,(H,17,20). The predicted molar refractivity (Wildman–Crippen MR) is 76.4 cm³/mol. The summed E-state index contributed by atoms with van der Waals surface area (Å²) in [7, 11) is 1.62. The highest BCUT2D eigenvalue weighted by atomic mass is 35.5. The third-order valence-corrected chi connectivity index (χ3v) is 3.22. The van der Waals surface area contributed by atoms with E-state index in [2.05, 4.69) is 10.4 Å². The molecule has 0 bridgehead atoms. The highest BCUT2D eigenvalue weighted by Gasteiger charge is 2.20. The van der Waals surface area contributed by atoms with Crippen molar-refractivity contribution in [2.24, 2.45) is 7.05 Å². The summed E-state index contributed by atoms with van der Waals surface area (Å²) in [6.45, 7) is 1.89. The van der Waals surface area contributed by atoms with Crippen LogP contribution in [-0.2, 0) is 13.5 Å². The lowest BCUT2D eigenvalue weighted by atomic mass is 10.2. The first-order valence-corrected chi connectivity index (χ1v) is 6.39. The lowest BCUT2D eigenvalue weighted by Gasteiger charge is -2.08. The monoisotopic (exact) mass is 296 g/mol. The molecule has 106 valence electrons. The van der Waals surface area contributed by atoms with Crippen LogP contribution < -0.4 is 11.1 Å². The van der Waals surface area contributed by atoms with E-state index in [1.165, 1.54) is 16.8 Å². The number of hydrogen-bond donors (Lipinski definition) is 2. The number of amides is 1. The van der Waals surface area contributed by atoms with Gasteiger partial charge in [0.1, 0.15) is 11.5 Å². The van der Waals surface area contributed by atoms with Crippen LogP contribution in [0.15, 0.2) is 18.2 Å². The molecule has 0 unspecified atom stereocenters. The molecule has 20 heavy (non-hydrogen) atoms. The quantitative estimate of drug-likeness (QED) is 0.914. The highest BCUT2D eigenvalue weighted by molar-refractivity contribution is 6.34. The number of nitrogens with one attached hydrogen (secondary N) is 1. The van der Waals surface area contributed by atoms with Crippen molar-refractivity contribution in [3.8, 4) is 0 Å². The van der Waals surface area contributed by atoms with Gasteiger partial charge in [0, 0.05) is 7.05 Å². The molecule has 0 fully saturated rings. The summed E-state index contributed by atoms with van der Waals surface area (Å²) in [6.07, 6.45) is 0.619. The Kier molecular flexibility index (Phi) is 3.94. The number of aromatic nitrogens is 2. The minimum absolute atomic E-state index is 0.190. The molecule has 5 nitrogen and oxygen atoms in total. The summed E-state index contributed by atoms with van der Waals surface area (Å²) in [5.74, 6) is -0.971. The van der Waals surface area contributed by atoms with E-state index < -0.39 is 11.7 Å². The van der Waals surface area contributed by atoms with Gasteiger partial charge in [-0.3, -0.25) is 9.48 Å². The van der Waals surface area contributed by atoms with Crippen LogP contribution in [0.5, 0.6) is 0 Å². The average Bonchev–Trinajstić information content (AvgIpc) is 2.68. The molecule has 1 aromatic carbocycles. The first-order valence-electron chi connectivity index (χ1n) is 6.01. The van der Waals surface area contributed by atoms with Crippen LogP contribution in [0.3, 0.4) is 0 Å². The van der Waals surface area contributed by atoms with Crippen LogP contribution in [0.4, 0.5) is 15.8 Å². The zero-order valence-electron chi connectivity index (χ0n) is 11.1. The smallest absolute Gasteiger partial charge is 0.276 e. The van der Waals surface area contributed by atoms with Crippen molar-refractivity contribution >= 4 is 28.9 Å². The van der Waals surface area contributed by atoms with Gasteiger partial charge in [0.15, 0.2) is 0 Å². The molecule has 1 aromatic heterocycles. The SMILES string of the molecule is CCc1nn(C)c(C(=O)Nc2cc(F)ccc2Cl)c1N. The van der Waals surface area contributed by atoms with Crippen molar-refractivity contribution in [1.29, 1.82) is 0 Å². The van der Waals surface area contributed by atoms with E-state index >= 15 is 0 Å². The molecular formula is C13H14ClFN4O. The van der Waals surface area contributed by atoms with Gasteiger partial charge in [-0.15, -0.1) is 0 Å². The Hall–Kier alpha value is -2.08. The zero-order chi connectivity index (χ0) is 14.9. The number of nitrogens with two attached hydrogens (primary N) is 1. The minimum Gasteiger partial charge on any atom is -0.395 e. The second-order valence-electron chi connectivity index (χ2n) is 4.26. The first kappa shape index (κ1) is 14.3. The molecule has 1 amide bonds. The summed E-state index contributed by atoms with van der Waals surface area (Å²) >= 11 is 5.90. The van der Waals surface area contributed by atoms with Crippen molar-refractivity contribution in [3.05, 3.63) is 40.4 Å². The number of anilines is 2. The Balaban J connectivity index is 2.33. The van der Waals surface area contributed by atoms with Crippen molar-refractivity contribution in [1.82, 2.24) is 9.78 Å². The first-order chi connectivity index (χ1) is 9.43. The Labute approximate surface area is 120 Å². The Bertz CT molecular complexity index is 669. The predicted octanol–water partition coefficient (Wildman–Crippen LogP) is 2.61. The number of halogens is 2. The van der Waals surface area contributed by atoms with Gasteiger partial charge in [-0.25, -0.2) is 4.39 Å². The molecule has 0 saturated heterocycles. The van der Waals surface area contributed by atoms with E-state index in [1.807, 2.05) is 6.92 Å².